The number of rotatable bonds is 5. The van der Waals surface area contributed by atoms with Gasteiger partial charge in [0.1, 0.15) is 0 Å². The molecule has 2 heterocycles. The first-order valence-corrected chi connectivity index (χ1v) is 5.85. The van der Waals surface area contributed by atoms with Crippen LogP contribution in [0.3, 0.4) is 0 Å². The van der Waals surface area contributed by atoms with Crippen molar-refractivity contribution in [2.24, 2.45) is 0 Å². The molecule has 2 rings (SSSR count). The van der Waals surface area contributed by atoms with Gasteiger partial charge in [-0.25, -0.2) is 4.79 Å². The second kappa shape index (κ2) is 5.09. The third-order valence-electron chi connectivity index (χ3n) is 2.29. The van der Waals surface area contributed by atoms with Gasteiger partial charge in [-0.15, -0.1) is 11.3 Å². The molecule has 0 saturated carbocycles. The highest BCUT2D eigenvalue weighted by Gasteiger charge is 2.17. The maximum absolute atomic E-state index is 11.2. The minimum atomic E-state index is 0.0505. The van der Waals surface area contributed by atoms with Gasteiger partial charge in [-0.2, -0.15) is 0 Å². The Morgan fingerprint density at radius 3 is 3.27 bits per heavy atom. The van der Waals surface area contributed by atoms with Crippen molar-refractivity contribution >= 4 is 17.4 Å². The standard InChI is InChI=1S/C9H14N4OS/c14-9-12-2-4-13(9)3-1-10-5-8-6-11-7-15-8/h6-7,10H,1-5H2,(H,12,14). The van der Waals surface area contributed by atoms with Crippen molar-refractivity contribution in [1.29, 1.82) is 0 Å². The van der Waals surface area contributed by atoms with Gasteiger partial charge in [0.15, 0.2) is 0 Å². The summed E-state index contributed by atoms with van der Waals surface area (Å²) in [6.07, 6.45) is 1.86. The van der Waals surface area contributed by atoms with Crippen molar-refractivity contribution in [3.05, 3.63) is 16.6 Å². The van der Waals surface area contributed by atoms with E-state index < -0.39 is 0 Å². The molecule has 1 saturated heterocycles. The number of thiazole rings is 1. The zero-order chi connectivity index (χ0) is 10.5. The van der Waals surface area contributed by atoms with E-state index in [2.05, 4.69) is 15.6 Å². The van der Waals surface area contributed by atoms with Crippen molar-refractivity contribution in [1.82, 2.24) is 20.5 Å². The lowest BCUT2D eigenvalue weighted by molar-refractivity contribution is 0.217. The Labute approximate surface area is 92.5 Å². The van der Waals surface area contributed by atoms with E-state index in [0.29, 0.717) is 0 Å². The van der Waals surface area contributed by atoms with E-state index in [0.717, 1.165) is 32.7 Å². The zero-order valence-corrected chi connectivity index (χ0v) is 9.22. The first-order chi connectivity index (χ1) is 7.36. The van der Waals surface area contributed by atoms with Crippen LogP contribution in [-0.4, -0.2) is 42.1 Å². The Morgan fingerprint density at radius 2 is 2.60 bits per heavy atom. The van der Waals surface area contributed by atoms with E-state index in [9.17, 15) is 4.79 Å². The number of hydrogen-bond donors (Lipinski definition) is 2. The molecule has 2 amide bonds. The van der Waals surface area contributed by atoms with Crippen molar-refractivity contribution in [3.63, 3.8) is 0 Å². The lowest BCUT2D eigenvalue weighted by Crippen LogP contribution is -2.34. The van der Waals surface area contributed by atoms with Crippen LogP contribution in [0.25, 0.3) is 0 Å². The Morgan fingerprint density at radius 1 is 1.67 bits per heavy atom. The van der Waals surface area contributed by atoms with Crippen LogP contribution in [0.15, 0.2) is 11.7 Å². The largest absolute Gasteiger partial charge is 0.336 e. The van der Waals surface area contributed by atoms with Gasteiger partial charge in [0.2, 0.25) is 0 Å². The summed E-state index contributed by atoms with van der Waals surface area (Å²) >= 11 is 1.64. The lowest BCUT2D eigenvalue weighted by atomic mass is 10.5. The summed E-state index contributed by atoms with van der Waals surface area (Å²) in [6, 6.07) is 0.0505. The number of nitrogens with zero attached hydrogens (tertiary/aromatic N) is 2. The maximum Gasteiger partial charge on any atom is 0.317 e. The molecule has 15 heavy (non-hydrogen) atoms. The van der Waals surface area contributed by atoms with Crippen LogP contribution in [-0.2, 0) is 6.54 Å². The van der Waals surface area contributed by atoms with Crippen LogP contribution >= 0.6 is 11.3 Å². The molecule has 0 unspecified atom stereocenters. The summed E-state index contributed by atoms with van der Waals surface area (Å²) in [6.45, 7) is 4.02. The number of carbonyl (C=O) groups excluding carboxylic acids is 1. The predicted molar refractivity (Wildman–Crippen MR) is 58.8 cm³/mol. The molecule has 0 bridgehead atoms. The molecule has 0 aliphatic carbocycles. The van der Waals surface area contributed by atoms with Crippen LogP contribution in [0.1, 0.15) is 4.88 Å². The number of carbonyl (C=O) groups is 1. The quantitative estimate of drug-likeness (QED) is 0.708. The molecule has 0 atom stereocenters. The number of hydrogen-bond acceptors (Lipinski definition) is 4. The van der Waals surface area contributed by atoms with Gasteiger partial charge in [-0.3, -0.25) is 4.98 Å². The monoisotopic (exact) mass is 226 g/mol. The Bertz CT molecular complexity index is 314. The smallest absolute Gasteiger partial charge is 0.317 e. The van der Waals surface area contributed by atoms with Gasteiger partial charge in [0.05, 0.1) is 5.51 Å². The normalized spacial score (nSPS) is 15.7. The summed E-state index contributed by atoms with van der Waals surface area (Å²) in [4.78, 5) is 18.2. The average molecular weight is 226 g/mol. The second-order valence-electron chi connectivity index (χ2n) is 3.36. The summed E-state index contributed by atoms with van der Waals surface area (Å²) in [5.41, 5.74) is 1.82. The van der Waals surface area contributed by atoms with Gasteiger partial charge in [-0.1, -0.05) is 0 Å². The zero-order valence-electron chi connectivity index (χ0n) is 8.40. The molecule has 1 aliphatic heterocycles. The van der Waals surface area contributed by atoms with Crippen LogP contribution < -0.4 is 10.6 Å². The fourth-order valence-corrected chi connectivity index (χ4v) is 2.04. The van der Waals surface area contributed by atoms with Crippen LogP contribution in [0.5, 0.6) is 0 Å². The number of aromatic nitrogens is 1. The van der Waals surface area contributed by atoms with Gasteiger partial charge in [0, 0.05) is 43.8 Å². The van der Waals surface area contributed by atoms with Crippen molar-refractivity contribution in [2.75, 3.05) is 26.2 Å². The molecule has 5 nitrogen and oxygen atoms in total. The predicted octanol–water partition coefficient (Wildman–Crippen LogP) is 0.258. The second-order valence-corrected chi connectivity index (χ2v) is 4.33. The van der Waals surface area contributed by atoms with E-state index in [1.54, 1.807) is 11.3 Å². The first kappa shape index (κ1) is 10.4. The minimum absolute atomic E-state index is 0.0505. The molecule has 82 valence electrons. The average Bonchev–Trinajstić information content (AvgIpc) is 2.85. The Hall–Kier alpha value is -1.14. The van der Waals surface area contributed by atoms with Crippen molar-refractivity contribution in [3.8, 4) is 0 Å². The van der Waals surface area contributed by atoms with Gasteiger partial charge in [-0.05, 0) is 0 Å². The van der Waals surface area contributed by atoms with Crippen LogP contribution in [0.2, 0.25) is 0 Å². The van der Waals surface area contributed by atoms with Crippen LogP contribution in [0, 0.1) is 0 Å². The van der Waals surface area contributed by atoms with E-state index in [4.69, 9.17) is 0 Å². The van der Waals surface area contributed by atoms with Crippen molar-refractivity contribution in [2.45, 2.75) is 6.54 Å². The summed E-state index contributed by atoms with van der Waals surface area (Å²) in [7, 11) is 0. The lowest BCUT2D eigenvalue weighted by Gasteiger charge is -2.13. The summed E-state index contributed by atoms with van der Waals surface area (Å²) in [5.74, 6) is 0. The molecular weight excluding hydrogens is 212 g/mol. The highest BCUT2D eigenvalue weighted by Crippen LogP contribution is 2.03. The van der Waals surface area contributed by atoms with E-state index in [1.165, 1.54) is 4.88 Å². The van der Waals surface area contributed by atoms with Gasteiger partial charge < -0.3 is 15.5 Å². The minimum Gasteiger partial charge on any atom is -0.336 e. The van der Waals surface area contributed by atoms with Gasteiger partial charge >= 0.3 is 6.03 Å². The molecule has 1 fully saturated rings. The van der Waals surface area contributed by atoms with Crippen LogP contribution in [0.4, 0.5) is 4.79 Å². The molecule has 1 aromatic heterocycles. The fraction of sp³-hybridized carbons (Fsp3) is 0.556. The Balaban J connectivity index is 1.61. The maximum atomic E-state index is 11.2. The van der Waals surface area contributed by atoms with E-state index >= 15 is 0 Å². The molecule has 2 N–H and O–H groups in total. The number of urea groups is 1. The molecule has 6 heteroatoms. The van der Waals surface area contributed by atoms with Crippen molar-refractivity contribution < 1.29 is 4.79 Å². The highest BCUT2D eigenvalue weighted by atomic mass is 32.1. The third-order valence-corrected chi connectivity index (χ3v) is 3.07. The molecular formula is C9H14N4OS. The SMILES string of the molecule is O=C1NCCN1CCNCc1cncs1. The number of amides is 2. The first-order valence-electron chi connectivity index (χ1n) is 4.97. The van der Waals surface area contributed by atoms with E-state index in [-0.39, 0.29) is 6.03 Å². The number of nitrogens with one attached hydrogen (secondary N) is 2. The molecule has 0 aromatic carbocycles. The molecule has 1 aromatic rings. The fourth-order valence-electron chi connectivity index (χ4n) is 1.48. The summed E-state index contributed by atoms with van der Waals surface area (Å²) in [5, 5.41) is 6.06. The Kier molecular flexibility index (Phi) is 3.52. The third kappa shape index (κ3) is 2.90. The molecule has 1 aliphatic rings. The topological polar surface area (TPSA) is 57.3 Å². The highest BCUT2D eigenvalue weighted by molar-refractivity contribution is 7.09. The van der Waals surface area contributed by atoms with E-state index in [1.807, 2.05) is 16.6 Å². The summed E-state index contributed by atoms with van der Waals surface area (Å²) < 4.78 is 0. The molecule has 0 spiro atoms. The molecule has 0 radical (unpaired) electrons. The van der Waals surface area contributed by atoms with Gasteiger partial charge in [0.25, 0.3) is 0 Å².